The van der Waals surface area contributed by atoms with Crippen LogP contribution >= 0.6 is 11.6 Å². The van der Waals surface area contributed by atoms with Crippen LogP contribution in [-0.4, -0.2) is 25.2 Å². The van der Waals surface area contributed by atoms with Gasteiger partial charge in [-0.2, -0.15) is 21.6 Å². The van der Waals surface area contributed by atoms with Crippen molar-refractivity contribution in [2.24, 2.45) is 0 Å². The molecular weight excluding hydrogens is 609 g/mol. The zero-order valence-corrected chi connectivity index (χ0v) is 25.6. The number of aldehydes is 1. The minimum absolute atomic E-state index is 0.0327. The Labute approximate surface area is 251 Å². The fraction of sp³-hybridized carbons (Fsp3) is 0.300. The Morgan fingerprint density at radius 1 is 1.05 bits per heavy atom. The van der Waals surface area contributed by atoms with Gasteiger partial charge in [-0.3, -0.25) is 9.59 Å². The number of carbonyl (C=O) groups excluding carboxylic acids is 1. The van der Waals surface area contributed by atoms with Crippen LogP contribution in [0.25, 0.3) is 22.2 Å². The lowest BCUT2D eigenvalue weighted by Crippen LogP contribution is -2.28. The average Bonchev–Trinajstić information content (AvgIpc) is 2.91. The first-order chi connectivity index (χ1) is 20.0. The molecule has 0 aliphatic heterocycles. The van der Waals surface area contributed by atoms with Crippen molar-refractivity contribution >= 4 is 44.7 Å². The lowest BCUT2D eigenvalue weighted by molar-refractivity contribution is -0.0500. The van der Waals surface area contributed by atoms with E-state index in [2.05, 4.69) is 14.5 Å². The molecule has 2 aromatic heterocycles. The summed E-state index contributed by atoms with van der Waals surface area (Å²) in [6, 6.07) is 8.61. The summed E-state index contributed by atoms with van der Waals surface area (Å²) in [7, 11) is -6.01. The minimum atomic E-state index is -6.01. The summed E-state index contributed by atoms with van der Waals surface area (Å²) in [4.78, 5) is 29.5. The zero-order valence-electron chi connectivity index (χ0n) is 24.0. The van der Waals surface area contributed by atoms with Crippen LogP contribution in [0, 0.1) is 20.8 Å². The topological polar surface area (TPSA) is 116 Å². The van der Waals surface area contributed by atoms with Gasteiger partial charge in [-0.05, 0) is 69.2 Å². The first kappa shape index (κ1) is 32.0. The first-order valence-electron chi connectivity index (χ1n) is 13.1. The van der Waals surface area contributed by atoms with E-state index in [-0.39, 0.29) is 39.6 Å². The number of alkyl halides is 3. The number of carbonyl (C=O) groups is 1. The van der Waals surface area contributed by atoms with Gasteiger partial charge in [0.25, 0.3) is 0 Å². The summed E-state index contributed by atoms with van der Waals surface area (Å²) >= 11 is 6.21. The van der Waals surface area contributed by atoms with Crippen molar-refractivity contribution in [3.05, 3.63) is 85.4 Å². The predicted octanol–water partition coefficient (Wildman–Crippen LogP) is 7.77. The lowest BCUT2D eigenvalue weighted by atomic mass is 9.97. The van der Waals surface area contributed by atoms with E-state index in [0.717, 1.165) is 11.6 Å². The molecule has 0 fully saturated rings. The molecule has 0 aliphatic carbocycles. The quantitative estimate of drug-likeness (QED) is 0.0902. The Morgan fingerprint density at radius 3 is 2.33 bits per heavy atom. The van der Waals surface area contributed by atoms with E-state index in [0.29, 0.717) is 33.5 Å². The molecule has 4 aromatic rings. The molecule has 2 heterocycles. The summed E-state index contributed by atoms with van der Waals surface area (Å²) in [5, 5.41) is 3.87. The van der Waals surface area contributed by atoms with Crippen LogP contribution in [0.3, 0.4) is 0 Å². The van der Waals surface area contributed by atoms with Crippen molar-refractivity contribution in [2.45, 2.75) is 59.0 Å². The summed E-state index contributed by atoms with van der Waals surface area (Å²) in [6.45, 7) is 10.7. The second-order valence-electron chi connectivity index (χ2n) is 10.5. The molecule has 1 N–H and O–H groups in total. The fourth-order valence-electron chi connectivity index (χ4n) is 4.87. The lowest BCUT2D eigenvalue weighted by Gasteiger charge is -2.22. The Hall–Kier alpha value is -3.90. The number of aromatic nitrogens is 1. The van der Waals surface area contributed by atoms with Crippen LogP contribution in [0.4, 0.5) is 18.9 Å². The van der Waals surface area contributed by atoms with E-state index >= 15 is 0 Å². The third kappa shape index (κ3) is 6.12. The van der Waals surface area contributed by atoms with Gasteiger partial charge in [-0.25, -0.2) is 4.98 Å². The molecule has 43 heavy (non-hydrogen) atoms. The van der Waals surface area contributed by atoms with Crippen LogP contribution in [0.2, 0.25) is 5.15 Å². The van der Waals surface area contributed by atoms with Crippen molar-refractivity contribution in [1.82, 2.24) is 4.98 Å². The number of halogens is 4. The average molecular weight is 637 g/mol. The van der Waals surface area contributed by atoms with Crippen LogP contribution in [-0.2, 0) is 10.1 Å². The number of hydrogen-bond acceptors (Lipinski definition) is 8. The highest BCUT2D eigenvalue weighted by molar-refractivity contribution is 7.88. The predicted molar refractivity (Wildman–Crippen MR) is 158 cm³/mol. The Kier molecular flexibility index (Phi) is 8.67. The van der Waals surface area contributed by atoms with Gasteiger partial charge in [0.1, 0.15) is 16.5 Å². The summed E-state index contributed by atoms with van der Waals surface area (Å²) in [6.07, 6.45) is 0.204. The summed E-state index contributed by atoms with van der Waals surface area (Å²) < 4.78 is 72.5. The number of anilines is 1. The maximum Gasteiger partial charge on any atom is 0.534 e. The molecule has 0 saturated carbocycles. The molecule has 0 bridgehead atoms. The second-order valence-corrected chi connectivity index (χ2v) is 12.4. The van der Waals surface area contributed by atoms with Crippen molar-refractivity contribution < 1.29 is 35.0 Å². The number of benzene rings is 2. The smallest absolute Gasteiger partial charge is 0.460 e. The van der Waals surface area contributed by atoms with Gasteiger partial charge in [0.05, 0.1) is 28.4 Å². The van der Waals surface area contributed by atoms with Gasteiger partial charge >= 0.3 is 15.6 Å². The van der Waals surface area contributed by atoms with E-state index in [1.54, 1.807) is 19.1 Å². The number of pyridine rings is 1. The van der Waals surface area contributed by atoms with E-state index in [9.17, 15) is 31.2 Å². The number of nitrogens with one attached hydrogen (secondary N) is 1. The van der Waals surface area contributed by atoms with Gasteiger partial charge in [-0.1, -0.05) is 31.5 Å². The summed E-state index contributed by atoms with van der Waals surface area (Å²) in [5.41, 5.74) is -2.64. The molecule has 0 aliphatic rings. The molecule has 228 valence electrons. The Balaban J connectivity index is 1.83. The Morgan fingerprint density at radius 2 is 1.72 bits per heavy atom. The SMILES string of the molecule is Cc1cc(C(C)Nc2ccc(Cl)nc2-c2ccc(OS(=O)(=O)C(F)(F)F)c(C=O)c2C)c2oc(C(C)C)c(C)c(=O)c2c1. The fourth-order valence-corrected chi connectivity index (χ4v) is 5.49. The molecule has 4 rings (SSSR count). The van der Waals surface area contributed by atoms with Crippen LogP contribution in [0.5, 0.6) is 5.75 Å². The molecule has 0 amide bonds. The van der Waals surface area contributed by atoms with Gasteiger partial charge in [-0.15, -0.1) is 0 Å². The second kappa shape index (κ2) is 11.6. The normalized spacial score (nSPS) is 12.9. The molecule has 8 nitrogen and oxygen atoms in total. The third-order valence-corrected chi connectivity index (χ3v) is 8.16. The third-order valence-electron chi connectivity index (χ3n) is 6.98. The largest absolute Gasteiger partial charge is 0.534 e. The molecule has 13 heteroatoms. The molecule has 0 saturated heterocycles. The van der Waals surface area contributed by atoms with Crippen molar-refractivity contribution in [1.29, 1.82) is 0 Å². The Bertz CT molecular complexity index is 1920. The van der Waals surface area contributed by atoms with Gasteiger partial charge in [0.15, 0.2) is 17.5 Å². The highest BCUT2D eigenvalue weighted by Gasteiger charge is 2.49. The molecule has 1 atom stereocenters. The number of nitrogens with zero attached hydrogens (tertiary/aromatic N) is 1. The van der Waals surface area contributed by atoms with Gasteiger partial charge in [0, 0.05) is 22.6 Å². The number of rotatable bonds is 8. The maximum absolute atomic E-state index is 13.2. The molecule has 2 aromatic carbocycles. The van der Waals surface area contributed by atoms with E-state index < -0.39 is 33.0 Å². The molecule has 0 radical (unpaired) electrons. The summed E-state index contributed by atoms with van der Waals surface area (Å²) in [5.74, 6) is -0.235. The van der Waals surface area contributed by atoms with Gasteiger partial charge in [0.2, 0.25) is 0 Å². The van der Waals surface area contributed by atoms with Crippen LogP contribution in [0.15, 0.2) is 45.6 Å². The minimum Gasteiger partial charge on any atom is -0.460 e. The van der Waals surface area contributed by atoms with Crippen molar-refractivity contribution in [3.8, 4) is 17.0 Å². The standard InChI is InChI=1S/C30H28ClF3N2O6S/c1-14(2)28-17(5)27(38)21-12-15(3)11-20(29(21)41-28)18(6)35-23-8-10-25(31)36-26(23)19-7-9-24(22(13-37)16(19)4)42-43(39,40)30(32,33)34/h7-14,18,35H,1-6H3. The van der Waals surface area contributed by atoms with E-state index in [4.69, 9.17) is 16.0 Å². The van der Waals surface area contributed by atoms with Crippen LogP contribution in [0.1, 0.15) is 71.1 Å². The first-order valence-corrected chi connectivity index (χ1v) is 14.9. The molecule has 1 unspecified atom stereocenters. The van der Waals surface area contributed by atoms with E-state index in [1.165, 1.54) is 19.1 Å². The highest BCUT2D eigenvalue weighted by atomic mass is 35.5. The van der Waals surface area contributed by atoms with E-state index in [1.807, 2.05) is 33.8 Å². The number of aryl methyl sites for hydroxylation is 1. The molecule has 0 spiro atoms. The molecular formula is C30H28ClF3N2O6S. The zero-order chi connectivity index (χ0) is 32.0. The van der Waals surface area contributed by atoms with Crippen molar-refractivity contribution in [2.75, 3.05) is 5.32 Å². The number of hydrogen-bond donors (Lipinski definition) is 1. The van der Waals surface area contributed by atoms with Crippen LogP contribution < -0.4 is 14.9 Å². The number of fused-ring (bicyclic) bond motifs is 1. The van der Waals surface area contributed by atoms with Gasteiger partial charge < -0.3 is 13.9 Å². The highest BCUT2D eigenvalue weighted by Crippen LogP contribution is 2.38. The monoisotopic (exact) mass is 636 g/mol. The van der Waals surface area contributed by atoms with Crippen molar-refractivity contribution in [3.63, 3.8) is 0 Å². The maximum atomic E-state index is 13.2.